The Morgan fingerprint density at radius 1 is 1.00 bits per heavy atom. The zero-order valence-corrected chi connectivity index (χ0v) is 22.1. The van der Waals surface area contributed by atoms with E-state index in [9.17, 15) is 10.0 Å². The summed E-state index contributed by atoms with van der Waals surface area (Å²) in [5, 5.41) is 16.9. The van der Waals surface area contributed by atoms with Gasteiger partial charge in [-0.2, -0.15) is 0 Å². The minimum absolute atomic E-state index is 0.0932. The molecule has 188 valence electrons. The third-order valence-corrected chi connectivity index (χ3v) is 9.15. The van der Waals surface area contributed by atoms with Crippen molar-refractivity contribution in [3.8, 4) is 5.75 Å². The Morgan fingerprint density at radius 2 is 1.68 bits per heavy atom. The Morgan fingerprint density at radius 3 is 2.32 bits per heavy atom. The lowest BCUT2D eigenvalue weighted by molar-refractivity contribution is 0.0954. The average Bonchev–Trinajstić information content (AvgIpc) is 3.34. The van der Waals surface area contributed by atoms with Crippen LogP contribution in [0.3, 0.4) is 0 Å². The van der Waals surface area contributed by atoms with Gasteiger partial charge in [0.15, 0.2) is 0 Å². The maximum atomic E-state index is 13.5. The molecule has 1 aliphatic carbocycles. The number of hydrogen-bond donors (Lipinski definition) is 2. The van der Waals surface area contributed by atoms with Crippen LogP contribution >= 0.6 is 23.1 Å². The minimum atomic E-state index is -0.0932. The summed E-state index contributed by atoms with van der Waals surface area (Å²) in [6, 6.07) is 28.2. The zero-order valence-electron chi connectivity index (χ0n) is 20.5. The van der Waals surface area contributed by atoms with Gasteiger partial charge < -0.3 is 15.3 Å². The molecule has 1 heterocycles. The highest BCUT2D eigenvalue weighted by molar-refractivity contribution is 8.00. The first-order chi connectivity index (χ1) is 18.2. The van der Waals surface area contributed by atoms with E-state index in [1.807, 2.05) is 60.7 Å². The predicted molar refractivity (Wildman–Crippen MR) is 150 cm³/mol. The van der Waals surface area contributed by atoms with Gasteiger partial charge in [-0.05, 0) is 46.7 Å². The fourth-order valence-electron chi connectivity index (χ4n) is 4.65. The number of methoxy groups -OCH3 is 1. The largest absolute Gasteiger partial charge is 0.497 e. The van der Waals surface area contributed by atoms with Crippen LogP contribution in [0.15, 0.2) is 94.3 Å². The molecule has 1 aromatic heterocycles. The van der Waals surface area contributed by atoms with Crippen molar-refractivity contribution in [3.63, 3.8) is 0 Å². The second-order valence-electron chi connectivity index (χ2n) is 8.94. The van der Waals surface area contributed by atoms with Crippen molar-refractivity contribution in [1.29, 1.82) is 0 Å². The van der Waals surface area contributed by atoms with E-state index in [1.165, 1.54) is 16.9 Å². The van der Waals surface area contributed by atoms with Crippen LogP contribution in [0.4, 0.5) is 0 Å². The molecule has 1 atom stereocenters. The Balaban J connectivity index is 1.47. The Bertz CT molecular complexity index is 1380. The molecular formula is C30H28N2O3S2. The summed E-state index contributed by atoms with van der Waals surface area (Å²) < 4.78 is 6.34. The maximum absolute atomic E-state index is 13.5. The molecule has 0 radical (unpaired) electrons. The molecule has 4 aromatic rings. The second kappa shape index (κ2) is 11.7. The Hall–Kier alpha value is -3.55. The highest BCUT2D eigenvalue weighted by atomic mass is 32.2. The fourth-order valence-corrected chi connectivity index (χ4v) is 7.19. The van der Waals surface area contributed by atoms with Crippen molar-refractivity contribution >= 4 is 34.7 Å². The van der Waals surface area contributed by atoms with Crippen LogP contribution in [-0.2, 0) is 18.7 Å². The summed E-state index contributed by atoms with van der Waals surface area (Å²) in [6.07, 6.45) is 1.31. The lowest BCUT2D eigenvalue weighted by Crippen LogP contribution is -2.25. The number of hydrogen-bond acceptors (Lipinski definition) is 6. The van der Waals surface area contributed by atoms with Gasteiger partial charge in [0.1, 0.15) is 5.75 Å². The minimum Gasteiger partial charge on any atom is -0.497 e. The third kappa shape index (κ3) is 5.73. The first-order valence-electron chi connectivity index (χ1n) is 12.2. The number of benzene rings is 3. The van der Waals surface area contributed by atoms with Gasteiger partial charge in [-0.15, -0.1) is 23.1 Å². The van der Waals surface area contributed by atoms with Gasteiger partial charge in [0.25, 0.3) is 5.91 Å². The molecule has 2 N–H and O–H groups in total. The van der Waals surface area contributed by atoms with Crippen molar-refractivity contribution in [2.45, 2.75) is 35.3 Å². The molecule has 0 saturated heterocycles. The van der Waals surface area contributed by atoms with Crippen molar-refractivity contribution in [2.24, 2.45) is 5.16 Å². The van der Waals surface area contributed by atoms with Gasteiger partial charge in [0.2, 0.25) is 0 Å². The molecule has 1 aliphatic rings. The number of thioether (sulfide) groups is 1. The van der Waals surface area contributed by atoms with Gasteiger partial charge in [-0.1, -0.05) is 78.0 Å². The monoisotopic (exact) mass is 528 g/mol. The molecule has 0 fully saturated rings. The number of carbonyl (C=O) groups is 1. The number of nitrogens with one attached hydrogen (secondary N) is 1. The summed E-state index contributed by atoms with van der Waals surface area (Å²) in [6.45, 7) is 0.460. The van der Waals surface area contributed by atoms with Gasteiger partial charge in [-0.25, -0.2) is 0 Å². The molecule has 3 aromatic carbocycles. The van der Waals surface area contributed by atoms with Crippen molar-refractivity contribution < 1.29 is 14.7 Å². The number of ether oxygens (including phenoxy) is 1. The first-order valence-corrected chi connectivity index (χ1v) is 14.0. The normalized spacial score (nSPS) is 15.8. The molecule has 0 aliphatic heterocycles. The lowest BCUT2D eigenvalue weighted by Gasteiger charge is -2.25. The topological polar surface area (TPSA) is 70.9 Å². The van der Waals surface area contributed by atoms with E-state index in [4.69, 9.17) is 4.74 Å². The van der Waals surface area contributed by atoms with Crippen molar-refractivity contribution in [2.75, 3.05) is 7.11 Å². The molecule has 37 heavy (non-hydrogen) atoms. The van der Waals surface area contributed by atoms with Gasteiger partial charge in [-0.3, -0.25) is 4.79 Å². The number of amides is 1. The van der Waals surface area contributed by atoms with Crippen LogP contribution in [0, 0.1) is 0 Å². The number of oxime groups is 1. The molecular weight excluding hydrogens is 500 g/mol. The third-order valence-electron chi connectivity index (χ3n) is 6.58. The standard InChI is InChI=1S/C30H28N2O3S2/c1-35-24-14-12-22(13-15-24)23-16-25-27(26(17-23)32-34)30(36-19-21-10-6-3-7-11-21)37-28(25)29(33)31-18-20-8-4-2-5-9-20/h2-15,23,34H,16-19H2,1H3,(H,31,33). The molecule has 1 unspecified atom stereocenters. The molecule has 0 spiro atoms. The van der Waals surface area contributed by atoms with Crippen molar-refractivity contribution in [3.05, 3.63) is 118 Å². The Labute approximate surface area is 225 Å². The second-order valence-corrected chi connectivity index (χ2v) is 11.2. The van der Waals surface area contributed by atoms with Gasteiger partial charge >= 0.3 is 0 Å². The zero-order chi connectivity index (χ0) is 25.6. The summed E-state index contributed by atoms with van der Waals surface area (Å²) in [5.74, 6) is 1.59. The van der Waals surface area contributed by atoms with E-state index in [0.29, 0.717) is 30.0 Å². The van der Waals surface area contributed by atoms with Crippen molar-refractivity contribution in [1.82, 2.24) is 5.32 Å². The van der Waals surface area contributed by atoms with Gasteiger partial charge in [0, 0.05) is 24.3 Å². The molecule has 0 bridgehead atoms. The van der Waals surface area contributed by atoms with E-state index < -0.39 is 0 Å². The molecule has 1 amide bonds. The molecule has 5 rings (SSSR count). The molecule has 5 nitrogen and oxygen atoms in total. The number of carbonyl (C=O) groups excluding carboxylic acids is 1. The highest BCUT2D eigenvalue weighted by Crippen LogP contribution is 2.45. The first kappa shape index (κ1) is 25.1. The number of nitrogens with zero attached hydrogens (tertiary/aromatic N) is 1. The maximum Gasteiger partial charge on any atom is 0.261 e. The average molecular weight is 529 g/mol. The SMILES string of the molecule is COc1ccc(C2CC(=NO)c3c(SCc4ccccc4)sc(C(=O)NCc4ccccc4)c3C2)cc1. The summed E-state index contributed by atoms with van der Waals surface area (Å²) in [5.41, 5.74) is 5.91. The highest BCUT2D eigenvalue weighted by Gasteiger charge is 2.34. The van der Waals surface area contributed by atoms with Crippen LogP contribution in [0.25, 0.3) is 0 Å². The fraction of sp³-hybridized carbons (Fsp3) is 0.200. The quantitative estimate of drug-likeness (QED) is 0.148. The summed E-state index contributed by atoms with van der Waals surface area (Å²) in [4.78, 5) is 14.2. The number of rotatable bonds is 8. The van der Waals surface area contributed by atoms with Crippen LogP contribution in [0.5, 0.6) is 5.75 Å². The van der Waals surface area contributed by atoms with E-state index in [-0.39, 0.29) is 11.8 Å². The van der Waals surface area contributed by atoms with E-state index in [2.05, 4.69) is 34.7 Å². The van der Waals surface area contributed by atoms with Crippen LogP contribution in [0.2, 0.25) is 0 Å². The van der Waals surface area contributed by atoms with Gasteiger partial charge in [0.05, 0.1) is 21.9 Å². The van der Waals surface area contributed by atoms with Crippen LogP contribution < -0.4 is 10.1 Å². The van der Waals surface area contributed by atoms with E-state index >= 15 is 0 Å². The molecule has 7 heteroatoms. The Kier molecular flexibility index (Phi) is 7.92. The number of thiophene rings is 1. The molecule has 0 saturated carbocycles. The number of fused-ring (bicyclic) bond motifs is 1. The van der Waals surface area contributed by atoms with Crippen LogP contribution in [-0.4, -0.2) is 23.9 Å². The summed E-state index contributed by atoms with van der Waals surface area (Å²) >= 11 is 3.19. The predicted octanol–water partition coefficient (Wildman–Crippen LogP) is 6.89. The van der Waals surface area contributed by atoms with Crippen LogP contribution in [0.1, 0.15) is 49.8 Å². The smallest absolute Gasteiger partial charge is 0.261 e. The summed E-state index contributed by atoms with van der Waals surface area (Å²) in [7, 11) is 1.65. The lowest BCUT2D eigenvalue weighted by atomic mass is 9.80. The van der Waals surface area contributed by atoms with E-state index in [1.54, 1.807) is 18.9 Å². The van der Waals surface area contributed by atoms with E-state index in [0.717, 1.165) is 38.0 Å².